The monoisotopic (exact) mass is 812 g/mol. The standard InChI is InChI=1S/C57H56N4O/c1-3-4-5-18-38-61(45-34-30-41(31-35-45)40-20-10-6-7-11-21-40)46-36-32-42(33-37-46)50-28-19-29-52-57(50,2)51-39-49(47-26-16-17-27-48(47)53(51)62-52)56-59-54(43-22-12-8-13-23-43)58-55(60-56)44-24-14-9-15-25-44/h3-8,10-14,17-20,22-25,27-30,32,34-36,41,49,52H,9,15-16,21,26,31,33,37-39H2,1-2H3/b4-3-,18-5-/t41?,49-,52+,57?/m1/s1. The first-order valence-corrected chi connectivity index (χ1v) is 22.8. The second-order valence-electron chi connectivity index (χ2n) is 17.5. The first-order valence-electron chi connectivity index (χ1n) is 22.8. The van der Waals surface area contributed by atoms with E-state index in [2.05, 4.69) is 177 Å². The van der Waals surface area contributed by atoms with Gasteiger partial charge in [-0.3, -0.25) is 0 Å². The molecule has 62 heavy (non-hydrogen) atoms. The molecule has 1 aromatic carbocycles. The molecule has 5 heteroatoms. The lowest BCUT2D eigenvalue weighted by molar-refractivity contribution is 0.129. The molecule has 2 aromatic rings. The molecular weight excluding hydrogens is 757 g/mol. The van der Waals surface area contributed by atoms with Crippen molar-refractivity contribution in [1.82, 2.24) is 19.9 Å². The summed E-state index contributed by atoms with van der Waals surface area (Å²) in [6, 6.07) is 10.4. The molecule has 0 radical (unpaired) electrons. The second-order valence-corrected chi connectivity index (χ2v) is 17.5. The van der Waals surface area contributed by atoms with Crippen molar-refractivity contribution in [2.24, 2.45) is 11.3 Å². The van der Waals surface area contributed by atoms with Gasteiger partial charge in [-0.15, -0.1) is 0 Å². The van der Waals surface area contributed by atoms with E-state index in [4.69, 9.17) is 19.7 Å². The molecule has 0 amide bonds. The Morgan fingerprint density at radius 1 is 0.806 bits per heavy atom. The molecule has 310 valence electrons. The summed E-state index contributed by atoms with van der Waals surface area (Å²) in [5.74, 6) is 3.89. The van der Waals surface area contributed by atoms with E-state index in [1.165, 1.54) is 44.8 Å². The van der Waals surface area contributed by atoms with Gasteiger partial charge in [0, 0.05) is 46.5 Å². The predicted molar refractivity (Wildman–Crippen MR) is 254 cm³/mol. The van der Waals surface area contributed by atoms with Crippen LogP contribution in [0.5, 0.6) is 0 Å². The zero-order valence-electron chi connectivity index (χ0n) is 36.1. The minimum atomic E-state index is -0.328. The van der Waals surface area contributed by atoms with Gasteiger partial charge in [0.25, 0.3) is 0 Å². The van der Waals surface area contributed by atoms with Crippen molar-refractivity contribution in [1.29, 1.82) is 0 Å². The largest absolute Gasteiger partial charge is 0.484 e. The van der Waals surface area contributed by atoms with Crippen molar-refractivity contribution >= 4 is 5.57 Å². The molecule has 0 N–H and O–H groups in total. The molecule has 2 unspecified atom stereocenters. The molecule has 0 spiro atoms. The summed E-state index contributed by atoms with van der Waals surface area (Å²) < 4.78 is 7.10. The smallest absolute Gasteiger partial charge is 0.163 e. The molecule has 1 aromatic heterocycles. The number of hydrogen-bond acceptors (Lipinski definition) is 5. The van der Waals surface area contributed by atoms with Crippen LogP contribution in [0.1, 0.15) is 89.2 Å². The molecule has 0 bridgehead atoms. The van der Waals surface area contributed by atoms with Crippen molar-refractivity contribution in [3.63, 3.8) is 0 Å². The van der Waals surface area contributed by atoms with E-state index in [1.54, 1.807) is 0 Å². The van der Waals surface area contributed by atoms with Crippen molar-refractivity contribution in [2.45, 2.75) is 83.7 Å². The summed E-state index contributed by atoms with van der Waals surface area (Å²) >= 11 is 0. The fourth-order valence-corrected chi connectivity index (χ4v) is 10.5. The van der Waals surface area contributed by atoms with Crippen LogP contribution in [0.3, 0.4) is 0 Å². The van der Waals surface area contributed by atoms with Gasteiger partial charge in [0.1, 0.15) is 17.7 Å². The van der Waals surface area contributed by atoms with Gasteiger partial charge in [-0.2, -0.15) is 0 Å². The van der Waals surface area contributed by atoms with Crippen molar-refractivity contribution in [3.8, 4) is 11.4 Å². The first kappa shape index (κ1) is 39.8. The Morgan fingerprint density at radius 3 is 2.53 bits per heavy atom. The third-order valence-corrected chi connectivity index (χ3v) is 13.8. The minimum Gasteiger partial charge on any atom is -0.484 e. The number of aromatic nitrogens is 3. The fraction of sp³-hybridized carbons (Fsp3) is 0.281. The highest BCUT2D eigenvalue weighted by Crippen LogP contribution is 2.60. The zero-order chi connectivity index (χ0) is 41.9. The third-order valence-electron chi connectivity index (χ3n) is 13.8. The maximum absolute atomic E-state index is 7.10. The molecule has 0 saturated heterocycles. The molecular formula is C57H56N4O. The van der Waals surface area contributed by atoms with Crippen molar-refractivity contribution in [3.05, 3.63) is 226 Å². The van der Waals surface area contributed by atoms with Crippen LogP contribution in [0, 0.1) is 11.3 Å². The number of allylic oxidation sites excluding steroid dienone is 25. The van der Waals surface area contributed by atoms with Crippen LogP contribution < -0.4 is 0 Å². The van der Waals surface area contributed by atoms with Crippen LogP contribution >= 0.6 is 0 Å². The van der Waals surface area contributed by atoms with Crippen LogP contribution in [0.25, 0.3) is 17.0 Å². The maximum atomic E-state index is 7.10. The lowest BCUT2D eigenvalue weighted by atomic mass is 9.62. The number of ether oxygens (including phenoxy) is 1. The molecule has 8 aliphatic rings. The number of fused-ring (bicyclic) bond motifs is 3. The van der Waals surface area contributed by atoms with E-state index in [1.807, 2.05) is 6.07 Å². The Morgan fingerprint density at radius 2 is 1.71 bits per heavy atom. The van der Waals surface area contributed by atoms with Gasteiger partial charge < -0.3 is 9.64 Å². The Kier molecular flexibility index (Phi) is 11.3. The van der Waals surface area contributed by atoms with E-state index in [0.717, 1.165) is 98.7 Å². The van der Waals surface area contributed by atoms with Gasteiger partial charge in [-0.1, -0.05) is 151 Å². The van der Waals surface area contributed by atoms with E-state index in [0.29, 0.717) is 5.92 Å². The Labute approximate surface area is 367 Å². The topological polar surface area (TPSA) is 51.1 Å². The molecule has 0 fully saturated rings. The summed E-state index contributed by atoms with van der Waals surface area (Å²) in [6.45, 7) is 5.33. The van der Waals surface area contributed by atoms with Crippen molar-refractivity contribution < 1.29 is 4.74 Å². The third kappa shape index (κ3) is 7.63. The van der Waals surface area contributed by atoms with Gasteiger partial charge in [0.05, 0.1) is 5.41 Å². The normalized spacial score (nSPS) is 26.3. The fourth-order valence-electron chi connectivity index (χ4n) is 10.5. The highest BCUT2D eigenvalue weighted by molar-refractivity contribution is 5.72. The maximum Gasteiger partial charge on any atom is 0.163 e. The van der Waals surface area contributed by atoms with Crippen molar-refractivity contribution in [2.75, 3.05) is 6.54 Å². The van der Waals surface area contributed by atoms with Crippen LogP contribution in [0.15, 0.2) is 215 Å². The van der Waals surface area contributed by atoms with Gasteiger partial charge in [0.2, 0.25) is 0 Å². The molecule has 7 aliphatic carbocycles. The SMILES string of the molecule is C/C=C\C=C/CN(C1=CCC(C2=CC=CC=CC2)C=C1)C1=CC=C(C2=CC=C[C@@H]3OC4=C(C[C@@H](c5nc(C6=CCCC=C6)nc(-c6ccccc6)n5)C5=C4C=CCC5)C23C)CC1. The summed E-state index contributed by atoms with van der Waals surface area (Å²) in [4.78, 5) is 18.2. The van der Waals surface area contributed by atoms with Gasteiger partial charge in [0.15, 0.2) is 11.6 Å². The summed E-state index contributed by atoms with van der Waals surface area (Å²) in [6.07, 6.45) is 58.5. The molecule has 2 heterocycles. The number of nitrogens with zero attached hydrogens (tertiary/aromatic N) is 4. The number of benzene rings is 1. The second kappa shape index (κ2) is 17.6. The van der Waals surface area contributed by atoms with Crippen LogP contribution in [-0.4, -0.2) is 32.5 Å². The van der Waals surface area contributed by atoms with Gasteiger partial charge >= 0.3 is 0 Å². The summed E-state index contributed by atoms with van der Waals surface area (Å²) in [5, 5.41) is 0. The molecule has 10 rings (SSSR count). The summed E-state index contributed by atoms with van der Waals surface area (Å²) in [7, 11) is 0. The molecule has 4 atom stereocenters. The Bertz CT molecular complexity index is 2640. The van der Waals surface area contributed by atoms with Gasteiger partial charge in [-0.05, 0) is 112 Å². The first-order chi connectivity index (χ1) is 30.6. The van der Waals surface area contributed by atoms with Gasteiger partial charge in [-0.25, -0.2) is 15.0 Å². The molecule has 1 aliphatic heterocycles. The highest BCUT2D eigenvalue weighted by atomic mass is 16.5. The molecule has 0 saturated carbocycles. The number of hydrogen-bond donors (Lipinski definition) is 0. The Balaban J connectivity index is 0.979. The minimum absolute atomic E-state index is 0.0246. The lowest BCUT2D eigenvalue weighted by Gasteiger charge is -2.40. The summed E-state index contributed by atoms with van der Waals surface area (Å²) in [5.41, 5.74) is 12.6. The highest BCUT2D eigenvalue weighted by Gasteiger charge is 2.53. The van der Waals surface area contributed by atoms with Crippen LogP contribution in [0.2, 0.25) is 0 Å². The molecule has 5 nitrogen and oxygen atoms in total. The average Bonchev–Trinajstić information content (AvgIpc) is 3.44. The van der Waals surface area contributed by atoms with E-state index >= 15 is 0 Å². The number of rotatable bonds is 10. The van der Waals surface area contributed by atoms with Crippen LogP contribution in [-0.2, 0) is 4.74 Å². The zero-order valence-corrected chi connectivity index (χ0v) is 36.1. The van der Waals surface area contributed by atoms with E-state index in [9.17, 15) is 0 Å². The van der Waals surface area contributed by atoms with Crippen LogP contribution in [0.4, 0.5) is 0 Å². The van der Waals surface area contributed by atoms with E-state index < -0.39 is 0 Å². The predicted octanol–water partition coefficient (Wildman–Crippen LogP) is 13.5. The average molecular weight is 813 g/mol. The van der Waals surface area contributed by atoms with E-state index in [-0.39, 0.29) is 17.4 Å². The lowest BCUT2D eigenvalue weighted by Crippen LogP contribution is -2.35. The quantitative estimate of drug-likeness (QED) is 0.224. The Hall–Kier alpha value is -6.33.